The first-order chi connectivity index (χ1) is 13.2. The predicted octanol–water partition coefficient (Wildman–Crippen LogP) is 1.92. The maximum atomic E-state index is 12.9. The molecule has 0 aromatic heterocycles. The fourth-order valence-electron chi connectivity index (χ4n) is 3.18. The molecule has 154 valence electrons. The minimum atomic E-state index is -0.884. The van der Waals surface area contributed by atoms with Crippen molar-refractivity contribution < 1.29 is 29.0 Å². The van der Waals surface area contributed by atoms with Crippen molar-refractivity contribution in [3.8, 4) is 11.5 Å². The lowest BCUT2D eigenvalue weighted by molar-refractivity contribution is -0.143. The van der Waals surface area contributed by atoms with E-state index >= 15 is 0 Å². The summed E-state index contributed by atoms with van der Waals surface area (Å²) in [5.41, 5.74) is 0.383. The number of ether oxygens (including phenoxy) is 2. The van der Waals surface area contributed by atoms with Crippen LogP contribution in [0.3, 0.4) is 0 Å². The van der Waals surface area contributed by atoms with Crippen molar-refractivity contribution in [1.29, 1.82) is 0 Å². The van der Waals surface area contributed by atoms with Gasteiger partial charge in [0.15, 0.2) is 18.1 Å². The van der Waals surface area contributed by atoms with Gasteiger partial charge in [0.1, 0.15) is 0 Å². The molecule has 1 aliphatic rings. The lowest BCUT2D eigenvalue weighted by atomic mass is 9.93. The number of hydrogen-bond donors (Lipinski definition) is 2. The molecular formula is C20H28N2O6. The molecule has 0 aliphatic carbocycles. The van der Waals surface area contributed by atoms with Gasteiger partial charge in [0.25, 0.3) is 11.8 Å². The van der Waals surface area contributed by atoms with Crippen LogP contribution in [0.4, 0.5) is 0 Å². The van der Waals surface area contributed by atoms with Crippen LogP contribution in [-0.2, 0) is 9.59 Å². The Morgan fingerprint density at radius 2 is 1.96 bits per heavy atom. The SMILES string of the molecule is COc1cc(C(=O)N2CC(C(=O)O)CCC2C)ccc1OCC(=O)NC(C)C. The van der Waals surface area contributed by atoms with Crippen molar-refractivity contribution in [3.05, 3.63) is 23.8 Å². The molecule has 8 nitrogen and oxygen atoms in total. The minimum Gasteiger partial charge on any atom is -0.493 e. The third kappa shape index (κ3) is 5.37. The van der Waals surface area contributed by atoms with Crippen LogP contribution in [0.1, 0.15) is 44.0 Å². The summed E-state index contributed by atoms with van der Waals surface area (Å²) in [6.45, 7) is 5.65. The molecule has 1 aliphatic heterocycles. The van der Waals surface area contributed by atoms with E-state index in [2.05, 4.69) is 5.32 Å². The van der Waals surface area contributed by atoms with Crippen molar-refractivity contribution in [3.63, 3.8) is 0 Å². The number of hydrogen-bond acceptors (Lipinski definition) is 5. The second-order valence-corrected chi connectivity index (χ2v) is 7.30. The molecule has 1 heterocycles. The van der Waals surface area contributed by atoms with Gasteiger partial charge in [0.2, 0.25) is 0 Å². The molecule has 1 aromatic carbocycles. The van der Waals surface area contributed by atoms with Crippen molar-refractivity contribution in [2.24, 2.45) is 5.92 Å². The van der Waals surface area contributed by atoms with E-state index in [0.29, 0.717) is 29.9 Å². The maximum Gasteiger partial charge on any atom is 0.308 e. The first-order valence-electron chi connectivity index (χ1n) is 9.36. The highest BCUT2D eigenvalue weighted by Gasteiger charge is 2.33. The van der Waals surface area contributed by atoms with Gasteiger partial charge in [-0.15, -0.1) is 0 Å². The third-order valence-electron chi connectivity index (χ3n) is 4.71. The molecule has 2 rings (SSSR count). The zero-order valence-electron chi connectivity index (χ0n) is 16.7. The van der Waals surface area contributed by atoms with E-state index in [9.17, 15) is 19.5 Å². The van der Waals surface area contributed by atoms with Crippen LogP contribution in [0.5, 0.6) is 11.5 Å². The Balaban J connectivity index is 2.12. The van der Waals surface area contributed by atoms with Gasteiger partial charge in [-0.2, -0.15) is 0 Å². The highest BCUT2D eigenvalue weighted by molar-refractivity contribution is 5.95. The number of likely N-dealkylation sites (tertiary alicyclic amines) is 1. The highest BCUT2D eigenvalue weighted by atomic mass is 16.5. The van der Waals surface area contributed by atoms with Crippen LogP contribution in [-0.4, -0.2) is 60.1 Å². The van der Waals surface area contributed by atoms with Crippen LogP contribution in [0, 0.1) is 5.92 Å². The monoisotopic (exact) mass is 392 g/mol. The number of nitrogens with zero attached hydrogens (tertiary/aromatic N) is 1. The zero-order chi connectivity index (χ0) is 20.8. The second-order valence-electron chi connectivity index (χ2n) is 7.30. The molecule has 28 heavy (non-hydrogen) atoms. The molecule has 1 saturated heterocycles. The summed E-state index contributed by atoms with van der Waals surface area (Å²) in [5.74, 6) is -1.24. The minimum absolute atomic E-state index is 0.0131. The summed E-state index contributed by atoms with van der Waals surface area (Å²) in [7, 11) is 1.45. The van der Waals surface area contributed by atoms with Gasteiger partial charge in [0.05, 0.1) is 13.0 Å². The number of carboxylic acids is 1. The van der Waals surface area contributed by atoms with E-state index in [1.807, 2.05) is 20.8 Å². The van der Waals surface area contributed by atoms with Gasteiger partial charge in [0, 0.05) is 24.2 Å². The average Bonchev–Trinajstić information content (AvgIpc) is 2.65. The first kappa shape index (κ1) is 21.5. The predicted molar refractivity (Wildman–Crippen MR) is 103 cm³/mol. The summed E-state index contributed by atoms with van der Waals surface area (Å²) in [5, 5.41) is 12.0. The van der Waals surface area contributed by atoms with Crippen LogP contribution in [0.25, 0.3) is 0 Å². The van der Waals surface area contributed by atoms with E-state index in [4.69, 9.17) is 9.47 Å². The molecule has 2 N–H and O–H groups in total. The number of amides is 2. The average molecular weight is 392 g/mol. The molecule has 0 spiro atoms. The Bertz CT molecular complexity index is 733. The quantitative estimate of drug-likeness (QED) is 0.735. The summed E-state index contributed by atoms with van der Waals surface area (Å²) < 4.78 is 10.8. The molecule has 1 fully saturated rings. The summed E-state index contributed by atoms with van der Waals surface area (Å²) in [4.78, 5) is 37.6. The molecule has 2 atom stereocenters. The number of nitrogens with one attached hydrogen (secondary N) is 1. The third-order valence-corrected chi connectivity index (χ3v) is 4.71. The summed E-state index contributed by atoms with van der Waals surface area (Å²) >= 11 is 0. The Kier molecular flexibility index (Phi) is 7.25. The van der Waals surface area contributed by atoms with Crippen LogP contribution < -0.4 is 14.8 Å². The number of rotatable bonds is 7. The molecule has 0 bridgehead atoms. The Labute approximate surface area is 164 Å². The molecule has 8 heteroatoms. The van der Waals surface area contributed by atoms with Gasteiger partial charge in [-0.3, -0.25) is 14.4 Å². The highest BCUT2D eigenvalue weighted by Crippen LogP contribution is 2.30. The Hall–Kier alpha value is -2.77. The Morgan fingerprint density at radius 1 is 1.25 bits per heavy atom. The largest absolute Gasteiger partial charge is 0.493 e. The topological polar surface area (TPSA) is 105 Å². The normalized spacial score (nSPS) is 19.2. The molecular weight excluding hydrogens is 364 g/mol. The van der Waals surface area contributed by atoms with Crippen molar-refractivity contribution in [2.75, 3.05) is 20.3 Å². The lowest BCUT2D eigenvalue weighted by Gasteiger charge is -2.36. The van der Waals surface area contributed by atoms with Gasteiger partial charge in [-0.25, -0.2) is 0 Å². The molecule has 1 aromatic rings. The number of carbonyl (C=O) groups is 3. The number of methoxy groups -OCH3 is 1. The summed E-state index contributed by atoms with van der Waals surface area (Å²) in [6, 6.07) is 4.70. The Morgan fingerprint density at radius 3 is 2.57 bits per heavy atom. The molecule has 0 radical (unpaired) electrons. The van der Waals surface area contributed by atoms with Crippen molar-refractivity contribution in [2.45, 2.75) is 45.7 Å². The second kappa shape index (κ2) is 9.43. The van der Waals surface area contributed by atoms with E-state index in [0.717, 1.165) is 0 Å². The van der Waals surface area contributed by atoms with Crippen molar-refractivity contribution >= 4 is 17.8 Å². The summed E-state index contributed by atoms with van der Waals surface area (Å²) in [6.07, 6.45) is 1.21. The number of carbonyl (C=O) groups excluding carboxylic acids is 2. The molecule has 2 unspecified atom stereocenters. The van der Waals surface area contributed by atoms with Gasteiger partial charge >= 0.3 is 5.97 Å². The van der Waals surface area contributed by atoms with E-state index < -0.39 is 11.9 Å². The fraction of sp³-hybridized carbons (Fsp3) is 0.550. The first-order valence-corrected chi connectivity index (χ1v) is 9.36. The van der Waals surface area contributed by atoms with E-state index in [1.165, 1.54) is 7.11 Å². The standard InChI is InChI=1S/C20H28N2O6/c1-12(2)21-18(23)11-28-16-8-7-14(9-17(16)27-4)19(24)22-10-15(20(25)26)6-5-13(22)3/h7-9,12-13,15H,5-6,10-11H2,1-4H3,(H,21,23)(H,25,26). The number of piperidine rings is 1. The maximum absolute atomic E-state index is 12.9. The van der Waals surface area contributed by atoms with Crippen LogP contribution in [0.2, 0.25) is 0 Å². The number of carboxylic acid groups (broad SMARTS) is 1. The number of aliphatic carboxylic acids is 1. The molecule has 2 amide bonds. The molecule has 0 saturated carbocycles. The van der Waals surface area contributed by atoms with Crippen molar-refractivity contribution in [1.82, 2.24) is 10.2 Å². The van der Waals surface area contributed by atoms with Crippen LogP contribution in [0.15, 0.2) is 18.2 Å². The van der Waals surface area contributed by atoms with E-state index in [-0.39, 0.29) is 37.0 Å². The zero-order valence-corrected chi connectivity index (χ0v) is 16.7. The van der Waals surface area contributed by atoms with Crippen LogP contribution >= 0.6 is 0 Å². The van der Waals surface area contributed by atoms with Gasteiger partial charge in [-0.05, 0) is 51.8 Å². The number of benzene rings is 1. The fourth-order valence-corrected chi connectivity index (χ4v) is 3.18. The van der Waals surface area contributed by atoms with Gasteiger partial charge in [-0.1, -0.05) is 0 Å². The smallest absolute Gasteiger partial charge is 0.308 e. The van der Waals surface area contributed by atoms with Gasteiger partial charge < -0.3 is 24.8 Å². The lowest BCUT2D eigenvalue weighted by Crippen LogP contribution is -2.47. The van der Waals surface area contributed by atoms with E-state index in [1.54, 1.807) is 23.1 Å².